The van der Waals surface area contributed by atoms with E-state index in [1.54, 1.807) is 12.1 Å². The van der Waals surface area contributed by atoms with Gasteiger partial charge in [-0.25, -0.2) is 18.1 Å². The number of nitrogens with one attached hydrogen (secondary N) is 1. The van der Waals surface area contributed by atoms with Crippen LogP contribution in [0.1, 0.15) is 40.5 Å². The number of morpholine rings is 1. The number of nitrogens with zero attached hydrogens (tertiary/aromatic N) is 2. The second kappa shape index (κ2) is 7.59. The molecular formula is C16H27N3O3S. The Balaban J connectivity index is 2.09. The van der Waals surface area contributed by atoms with Crippen LogP contribution in [0.2, 0.25) is 0 Å². The van der Waals surface area contributed by atoms with Crippen molar-refractivity contribution in [2.24, 2.45) is 0 Å². The van der Waals surface area contributed by atoms with Crippen LogP contribution in [0.4, 0.5) is 5.82 Å². The van der Waals surface area contributed by atoms with Gasteiger partial charge in [-0.1, -0.05) is 13.3 Å². The summed E-state index contributed by atoms with van der Waals surface area (Å²) in [5, 5.41) is 0. The van der Waals surface area contributed by atoms with Crippen molar-refractivity contribution >= 4 is 15.8 Å². The molecule has 2 rings (SSSR count). The van der Waals surface area contributed by atoms with Crippen molar-refractivity contribution in [3.05, 3.63) is 18.3 Å². The second-order valence-corrected chi connectivity index (χ2v) is 8.04. The molecule has 1 aliphatic rings. The Bertz CT molecular complexity index is 594. The lowest BCUT2D eigenvalue weighted by atomic mass is 10.2. The van der Waals surface area contributed by atoms with E-state index >= 15 is 0 Å². The van der Waals surface area contributed by atoms with Crippen LogP contribution in [0, 0.1) is 0 Å². The molecule has 3 atom stereocenters. The third kappa shape index (κ3) is 4.89. The van der Waals surface area contributed by atoms with Crippen LogP contribution in [0.25, 0.3) is 0 Å². The van der Waals surface area contributed by atoms with E-state index in [9.17, 15) is 8.42 Å². The van der Waals surface area contributed by atoms with Gasteiger partial charge in [0.2, 0.25) is 10.0 Å². The maximum absolute atomic E-state index is 12.3. The number of rotatable bonds is 6. The Hall–Kier alpha value is -1.18. The fraction of sp³-hybridized carbons (Fsp3) is 0.688. The Kier molecular flexibility index (Phi) is 6.00. The van der Waals surface area contributed by atoms with Crippen molar-refractivity contribution in [1.82, 2.24) is 9.71 Å². The molecule has 7 heteroatoms. The number of sulfonamides is 1. The first-order valence-electron chi connectivity index (χ1n) is 8.20. The highest BCUT2D eigenvalue weighted by atomic mass is 32.2. The van der Waals surface area contributed by atoms with Crippen LogP contribution < -0.4 is 9.62 Å². The molecule has 1 fully saturated rings. The summed E-state index contributed by atoms with van der Waals surface area (Å²) in [6.07, 6.45) is 3.46. The molecule has 1 aromatic heterocycles. The van der Waals surface area contributed by atoms with Crippen LogP contribution in [-0.4, -0.2) is 44.7 Å². The van der Waals surface area contributed by atoms with Gasteiger partial charge < -0.3 is 9.64 Å². The minimum Gasteiger partial charge on any atom is -0.372 e. The molecule has 23 heavy (non-hydrogen) atoms. The molecule has 1 saturated heterocycles. The van der Waals surface area contributed by atoms with Crippen molar-refractivity contribution in [1.29, 1.82) is 0 Å². The number of pyridine rings is 1. The number of hydrogen-bond acceptors (Lipinski definition) is 5. The minimum atomic E-state index is -3.51. The second-order valence-electron chi connectivity index (χ2n) is 6.33. The van der Waals surface area contributed by atoms with Crippen LogP contribution in [0.5, 0.6) is 0 Å². The molecule has 0 saturated carbocycles. The minimum absolute atomic E-state index is 0.0781. The molecule has 0 unspecified atom stereocenters. The zero-order valence-electron chi connectivity index (χ0n) is 14.3. The summed E-state index contributed by atoms with van der Waals surface area (Å²) in [6, 6.07) is 3.31. The van der Waals surface area contributed by atoms with Gasteiger partial charge in [0.25, 0.3) is 0 Å². The van der Waals surface area contributed by atoms with E-state index in [4.69, 9.17) is 4.74 Å². The molecule has 0 aromatic carbocycles. The number of ether oxygens (including phenoxy) is 1. The summed E-state index contributed by atoms with van der Waals surface area (Å²) in [7, 11) is -3.51. The first kappa shape index (κ1) is 18.2. The van der Waals surface area contributed by atoms with E-state index in [2.05, 4.69) is 14.6 Å². The lowest BCUT2D eigenvalue weighted by Gasteiger charge is -2.36. The standard InChI is InChI=1S/C16H27N3O3S/c1-5-6-12(2)18-23(20,21)15-7-8-16(17-9-15)19-10-13(3)22-14(4)11-19/h7-9,12-14,18H,5-6,10-11H2,1-4H3/t12-,13+,14+/m0/s1. The molecule has 0 radical (unpaired) electrons. The highest BCUT2D eigenvalue weighted by molar-refractivity contribution is 7.89. The third-order valence-corrected chi connectivity index (χ3v) is 5.43. The SMILES string of the molecule is CCC[C@H](C)NS(=O)(=O)c1ccc(N2C[C@@H](C)O[C@H](C)C2)nc1. The summed E-state index contributed by atoms with van der Waals surface area (Å²) in [6.45, 7) is 9.48. The van der Waals surface area contributed by atoms with Gasteiger partial charge in [-0.05, 0) is 39.3 Å². The first-order chi connectivity index (χ1) is 10.8. The van der Waals surface area contributed by atoms with Gasteiger partial charge in [0.05, 0.1) is 12.2 Å². The smallest absolute Gasteiger partial charge is 0.242 e. The maximum Gasteiger partial charge on any atom is 0.242 e. The summed E-state index contributed by atoms with van der Waals surface area (Å²) in [5.41, 5.74) is 0. The van der Waals surface area contributed by atoms with E-state index in [1.807, 2.05) is 27.7 Å². The predicted octanol–water partition coefficient (Wildman–Crippen LogP) is 2.16. The third-order valence-electron chi connectivity index (χ3n) is 3.85. The molecule has 0 bridgehead atoms. The molecule has 2 heterocycles. The Morgan fingerprint density at radius 2 is 2.00 bits per heavy atom. The van der Waals surface area contributed by atoms with Gasteiger partial charge >= 0.3 is 0 Å². The van der Waals surface area contributed by atoms with E-state index in [0.717, 1.165) is 31.7 Å². The average Bonchev–Trinajstić information content (AvgIpc) is 2.46. The molecule has 6 nitrogen and oxygen atoms in total. The van der Waals surface area contributed by atoms with Crippen molar-refractivity contribution in [3.8, 4) is 0 Å². The van der Waals surface area contributed by atoms with Gasteiger partial charge in [0, 0.05) is 25.3 Å². The monoisotopic (exact) mass is 341 g/mol. The summed E-state index contributed by atoms with van der Waals surface area (Å²) in [5.74, 6) is 0.785. The normalized spacial score (nSPS) is 23.7. The van der Waals surface area contributed by atoms with Crippen LogP contribution in [-0.2, 0) is 14.8 Å². The molecule has 1 aromatic rings. The van der Waals surface area contributed by atoms with E-state index in [0.29, 0.717) is 0 Å². The molecule has 0 aliphatic carbocycles. The molecule has 0 amide bonds. The molecule has 130 valence electrons. The van der Waals surface area contributed by atoms with Crippen molar-refractivity contribution < 1.29 is 13.2 Å². The van der Waals surface area contributed by atoms with Crippen molar-refractivity contribution in [2.45, 2.75) is 63.7 Å². The lowest BCUT2D eigenvalue weighted by molar-refractivity contribution is -0.00546. The quantitative estimate of drug-likeness (QED) is 0.858. The largest absolute Gasteiger partial charge is 0.372 e. The number of anilines is 1. The highest BCUT2D eigenvalue weighted by Gasteiger charge is 2.24. The lowest BCUT2D eigenvalue weighted by Crippen LogP contribution is -2.45. The van der Waals surface area contributed by atoms with E-state index < -0.39 is 10.0 Å². The predicted molar refractivity (Wildman–Crippen MR) is 91.2 cm³/mol. The first-order valence-corrected chi connectivity index (χ1v) is 9.69. The summed E-state index contributed by atoms with van der Waals surface area (Å²) in [4.78, 5) is 6.68. The fourth-order valence-electron chi connectivity index (χ4n) is 2.91. The maximum atomic E-state index is 12.3. The van der Waals surface area contributed by atoms with Gasteiger partial charge in [0.1, 0.15) is 10.7 Å². The highest BCUT2D eigenvalue weighted by Crippen LogP contribution is 2.20. The Morgan fingerprint density at radius 3 is 2.52 bits per heavy atom. The van der Waals surface area contributed by atoms with Gasteiger partial charge in [-0.15, -0.1) is 0 Å². The van der Waals surface area contributed by atoms with Gasteiger partial charge in [-0.2, -0.15) is 0 Å². The van der Waals surface area contributed by atoms with Crippen LogP contribution >= 0.6 is 0 Å². The van der Waals surface area contributed by atoms with Gasteiger partial charge in [-0.3, -0.25) is 0 Å². The Morgan fingerprint density at radius 1 is 1.35 bits per heavy atom. The van der Waals surface area contributed by atoms with Gasteiger partial charge in [0.15, 0.2) is 0 Å². The molecule has 1 aliphatic heterocycles. The summed E-state index contributed by atoms with van der Waals surface area (Å²) >= 11 is 0. The number of aromatic nitrogens is 1. The zero-order chi connectivity index (χ0) is 17.0. The molecule has 1 N–H and O–H groups in total. The molecular weight excluding hydrogens is 314 g/mol. The van der Waals surface area contributed by atoms with Crippen molar-refractivity contribution in [3.63, 3.8) is 0 Å². The topological polar surface area (TPSA) is 71.5 Å². The van der Waals surface area contributed by atoms with Crippen LogP contribution in [0.3, 0.4) is 0 Å². The number of hydrogen-bond donors (Lipinski definition) is 1. The van der Waals surface area contributed by atoms with Crippen LogP contribution in [0.15, 0.2) is 23.2 Å². The Labute approximate surface area is 139 Å². The zero-order valence-corrected chi connectivity index (χ0v) is 15.1. The molecule has 0 spiro atoms. The fourth-order valence-corrected chi connectivity index (χ4v) is 4.13. The summed E-state index contributed by atoms with van der Waals surface area (Å²) < 4.78 is 33.0. The van der Waals surface area contributed by atoms with E-state index in [1.165, 1.54) is 6.20 Å². The average molecular weight is 341 g/mol. The van der Waals surface area contributed by atoms with E-state index in [-0.39, 0.29) is 23.1 Å². The van der Waals surface area contributed by atoms with Crippen molar-refractivity contribution in [2.75, 3.05) is 18.0 Å².